The van der Waals surface area contributed by atoms with Crippen molar-refractivity contribution in [1.29, 1.82) is 0 Å². The third-order valence-corrected chi connectivity index (χ3v) is 0.258. The molecule has 0 rings (SSSR count). The van der Waals surface area contributed by atoms with Gasteiger partial charge in [-0.3, -0.25) is 0 Å². The van der Waals surface area contributed by atoms with Crippen molar-refractivity contribution in [1.82, 2.24) is 0 Å². The van der Waals surface area contributed by atoms with Crippen LogP contribution in [0.2, 0.25) is 0 Å². The van der Waals surface area contributed by atoms with Crippen molar-refractivity contribution in [2.24, 2.45) is 11.5 Å². The normalized spacial score (nSPS) is 6.55. The molecule has 0 radical (unpaired) electrons. The summed E-state index contributed by atoms with van der Waals surface area (Å²) in [6.07, 6.45) is 0. The Labute approximate surface area is 73.7 Å². The molecule has 6 nitrogen and oxygen atoms in total. The Kier molecular flexibility index (Phi) is 50.4. The van der Waals surface area contributed by atoms with E-state index in [2.05, 4.69) is 0 Å². The molecule has 6 N–H and O–H groups in total. The van der Waals surface area contributed by atoms with E-state index in [0.717, 1.165) is 0 Å². The maximum absolute atomic E-state index is 8.50. The number of hydrogen-bond donors (Lipinski definition) is 4. The molecule has 0 aliphatic rings. The van der Waals surface area contributed by atoms with Crippen molar-refractivity contribution < 1.29 is 35.5 Å². The average Bonchev–Trinajstić information content (AvgIpc) is 2.06. The summed E-state index contributed by atoms with van der Waals surface area (Å²) in [5.74, 6) is 0. The Morgan fingerprint density at radius 3 is 1.09 bits per heavy atom. The Balaban J connectivity index is -0.0000000886. The molecule has 0 fully saturated rings. The van der Waals surface area contributed by atoms with Gasteiger partial charge in [-0.15, -0.1) is 0 Å². The van der Waals surface area contributed by atoms with Crippen molar-refractivity contribution in [3.8, 4) is 0 Å². The third kappa shape index (κ3) is 148. The molecule has 0 aromatic rings. The summed E-state index contributed by atoms with van der Waals surface area (Å²) in [4.78, 5) is 0. The minimum atomic E-state index is -2.03. The van der Waals surface area contributed by atoms with Crippen LogP contribution in [0, 0.1) is 0 Å². The molecule has 0 aromatic heterocycles. The fourth-order valence-corrected chi connectivity index (χ4v) is 0. The van der Waals surface area contributed by atoms with Gasteiger partial charge < -0.3 is 21.7 Å². The zero-order valence-corrected chi connectivity index (χ0v) is 8.11. The molecule has 0 heterocycles. The van der Waals surface area contributed by atoms with Crippen molar-refractivity contribution in [3.05, 3.63) is 0 Å². The van der Waals surface area contributed by atoms with E-state index in [-0.39, 0.29) is 13.2 Å². The first-order valence-corrected chi connectivity index (χ1v) is 4.42. The van der Waals surface area contributed by atoms with Gasteiger partial charge in [0.05, 0.1) is 13.2 Å². The second-order valence-corrected chi connectivity index (χ2v) is 1.43. The Hall–Kier alpha value is 0.128. The van der Waals surface area contributed by atoms with Gasteiger partial charge in [-0.25, -0.2) is 0 Å². The fourth-order valence-electron chi connectivity index (χ4n) is 0. The zero-order valence-electron chi connectivity index (χ0n) is 6.10. The topological polar surface area (TPSA) is 127 Å². The summed E-state index contributed by atoms with van der Waals surface area (Å²) in [6, 6.07) is 0. The van der Waals surface area contributed by atoms with E-state index < -0.39 is 18.5 Å². The van der Waals surface area contributed by atoms with E-state index in [0.29, 0.717) is 13.1 Å². The van der Waals surface area contributed by atoms with Gasteiger partial charge in [0, 0.05) is 13.1 Å². The van der Waals surface area contributed by atoms with Gasteiger partial charge in [0.15, 0.2) is 0 Å². The van der Waals surface area contributed by atoms with E-state index in [9.17, 15) is 0 Å². The van der Waals surface area contributed by atoms with Crippen molar-refractivity contribution in [3.63, 3.8) is 0 Å². The van der Waals surface area contributed by atoms with Crippen LogP contribution in [0.3, 0.4) is 0 Å². The molecule has 0 unspecified atom stereocenters. The molecule has 0 amide bonds. The van der Waals surface area contributed by atoms with Gasteiger partial charge in [0.1, 0.15) is 0 Å². The third-order valence-electron chi connectivity index (χ3n) is 0.258. The van der Waals surface area contributed by atoms with Crippen LogP contribution in [0.5, 0.6) is 0 Å². The van der Waals surface area contributed by atoms with Crippen LogP contribution < -0.4 is 11.5 Å². The second-order valence-electron chi connectivity index (χ2n) is 1.09. The van der Waals surface area contributed by atoms with Gasteiger partial charge >= 0.3 is 25.3 Å². The molecule has 11 heavy (non-hydrogen) atoms. The van der Waals surface area contributed by atoms with Gasteiger partial charge in [-0.1, -0.05) is 0 Å². The molecule has 0 aliphatic heterocycles. The summed E-state index contributed by atoms with van der Waals surface area (Å²) < 4.78 is 17.0. The van der Waals surface area contributed by atoms with Crippen molar-refractivity contribution >= 4 is 0 Å². The van der Waals surface area contributed by atoms with Gasteiger partial charge in [-0.2, -0.15) is 0 Å². The van der Waals surface area contributed by atoms with Gasteiger partial charge in [0.2, 0.25) is 0 Å². The molecule has 0 aliphatic carbocycles. The van der Waals surface area contributed by atoms with E-state index in [1.807, 2.05) is 0 Å². The van der Waals surface area contributed by atoms with Gasteiger partial charge in [-0.05, 0) is 0 Å². The quantitative estimate of drug-likeness (QED) is 0.406. The van der Waals surface area contributed by atoms with Crippen LogP contribution in [0.4, 0.5) is 0 Å². The van der Waals surface area contributed by atoms with Crippen molar-refractivity contribution in [2.45, 2.75) is 0 Å². The molecule has 70 valence electrons. The predicted molar refractivity (Wildman–Crippen MR) is 33.7 cm³/mol. The van der Waals surface area contributed by atoms with Crippen LogP contribution in [-0.2, 0) is 25.3 Å². The molecular weight excluding hydrogens is 236 g/mol. The van der Waals surface area contributed by atoms with E-state index in [1.54, 1.807) is 0 Å². The van der Waals surface area contributed by atoms with Crippen LogP contribution in [-0.4, -0.2) is 36.5 Å². The molecule has 0 aromatic carbocycles. The molecule has 0 spiro atoms. The summed E-state index contributed by atoms with van der Waals surface area (Å²) in [5, 5.41) is 15.5. The first-order valence-electron chi connectivity index (χ1n) is 2.78. The van der Waals surface area contributed by atoms with E-state index in [4.69, 9.17) is 28.5 Å². The van der Waals surface area contributed by atoms with Crippen molar-refractivity contribution in [2.75, 3.05) is 26.3 Å². The molecule has 7 heteroatoms. The van der Waals surface area contributed by atoms with Gasteiger partial charge in [0.25, 0.3) is 0 Å². The number of hydrogen-bond acceptors (Lipinski definition) is 6. The SMILES string of the molecule is NCCO.NCCO.[O]=[Mo]=[O]. The number of aliphatic hydroxyl groups is 2. The molecule has 0 atom stereocenters. The average molecular weight is 250 g/mol. The Morgan fingerprint density at radius 1 is 1.00 bits per heavy atom. The summed E-state index contributed by atoms with van der Waals surface area (Å²) >= 11 is -2.03. The standard InChI is InChI=1S/2C2H7NO.Mo.2O/c2*3-1-2-4;;;/h2*4H,1-3H2;;;. The molecule has 0 saturated carbocycles. The summed E-state index contributed by atoms with van der Waals surface area (Å²) in [6.45, 7) is 0.944. The monoisotopic (exact) mass is 252 g/mol. The second kappa shape index (κ2) is 32.1. The van der Waals surface area contributed by atoms with E-state index >= 15 is 0 Å². The zero-order chi connectivity index (χ0) is 9.54. The Bertz CT molecular complexity index is 68.5. The number of aliphatic hydroxyl groups excluding tert-OH is 2. The predicted octanol–water partition coefficient (Wildman–Crippen LogP) is -2.37. The number of rotatable bonds is 2. The van der Waals surface area contributed by atoms with Crippen LogP contribution in [0.25, 0.3) is 0 Å². The maximum atomic E-state index is 8.50. The number of nitrogens with two attached hydrogens (primary N) is 2. The van der Waals surface area contributed by atoms with E-state index in [1.165, 1.54) is 0 Å². The molecule has 0 saturated heterocycles. The van der Waals surface area contributed by atoms with Crippen LogP contribution in [0.1, 0.15) is 0 Å². The minimum absolute atomic E-state index is 0.0972. The summed E-state index contributed by atoms with van der Waals surface area (Å²) in [5.41, 5.74) is 9.56. The molecule has 0 bridgehead atoms. The summed E-state index contributed by atoms with van der Waals surface area (Å²) in [7, 11) is 0. The van der Waals surface area contributed by atoms with Crippen LogP contribution in [0.15, 0.2) is 0 Å². The first-order chi connectivity index (χ1) is 5.24. The molecular formula is C4H14MoN2O4. The first kappa shape index (κ1) is 17.3. The fraction of sp³-hybridized carbons (Fsp3) is 1.00. The van der Waals surface area contributed by atoms with Crippen LogP contribution >= 0.6 is 0 Å². The Morgan fingerprint density at radius 2 is 1.09 bits per heavy atom.